The van der Waals surface area contributed by atoms with Crippen LogP contribution in [0.1, 0.15) is 235 Å². The van der Waals surface area contributed by atoms with Crippen molar-refractivity contribution < 1.29 is 98.9 Å². The first kappa shape index (κ1) is 120. The van der Waals surface area contributed by atoms with Crippen LogP contribution in [0, 0.1) is 0 Å². The molecule has 0 spiro atoms. The Labute approximate surface area is 640 Å². The van der Waals surface area contributed by atoms with Gasteiger partial charge in [-0.1, -0.05) is 215 Å². The number of rotatable bonds is 23. The van der Waals surface area contributed by atoms with Crippen molar-refractivity contribution in [3.05, 3.63) is 31.9 Å². The van der Waals surface area contributed by atoms with Crippen LogP contribution in [-0.4, -0.2) is 249 Å². The van der Waals surface area contributed by atoms with E-state index in [1.165, 1.54) is 0 Å². The second kappa shape index (κ2) is 63.7. The Bertz CT molecular complexity index is 1830. The third-order valence-electron chi connectivity index (χ3n) is 11.6. The zero-order chi connectivity index (χ0) is 69.9. The number of hydrogen-bond donors (Lipinski definition) is 0. The molecule has 0 saturated heterocycles. The summed E-state index contributed by atoms with van der Waals surface area (Å²) in [6.07, 6.45) is 0. The largest absolute Gasteiger partial charge is 0.468 e. The summed E-state index contributed by atoms with van der Waals surface area (Å²) in [6, 6.07) is 1.61. The average molecular weight is 1580 g/mol. The van der Waals surface area contributed by atoms with Crippen LogP contribution in [-0.2, 0) is 98.9 Å². The van der Waals surface area contributed by atoms with E-state index in [1.807, 2.05) is 55.6 Å². The zero-order valence-electron chi connectivity index (χ0n) is 67.4. The van der Waals surface area contributed by atoms with Gasteiger partial charge in [-0.3, -0.25) is 0 Å². The first-order valence-electron chi connectivity index (χ1n) is 32.9. The number of likely N-dealkylation sites (N-methyl/N-ethyl adjacent to an activating group) is 5. The van der Waals surface area contributed by atoms with Crippen LogP contribution in [0.3, 0.4) is 0 Å². The summed E-state index contributed by atoms with van der Waals surface area (Å²) in [7, 11) is 12.3. The number of amidine groups is 6. The molecule has 0 aromatic heterocycles. The second-order valence-corrected chi connectivity index (χ2v) is 29.5. The normalized spacial score (nSPS) is 14.0. The Kier molecular flexibility index (Phi) is 81.9. The fraction of sp³-hybridized carbons (Fsp3) is 0.913. The van der Waals surface area contributed by atoms with Gasteiger partial charge in [-0.2, -0.15) is 0 Å². The zero-order valence-corrected chi connectivity index (χ0v) is 73.4. The molecule has 0 aliphatic rings. The molecule has 24 heteroatoms. The van der Waals surface area contributed by atoms with Crippen LogP contribution in [0.25, 0.3) is 31.9 Å². The van der Waals surface area contributed by atoms with Crippen molar-refractivity contribution in [3.63, 3.8) is 0 Å². The maximum atomic E-state index is 4.61. The van der Waals surface area contributed by atoms with E-state index in [0.717, 1.165) is 120 Å². The van der Waals surface area contributed by atoms with E-state index in [1.54, 1.807) is 0 Å². The SMILES string of the molecule is CC(=NC(C)(C)C)[N-]C(C)CN(C)C.CC(=NC(C)(C)C)[N-]CC(C)N(C)C.CC(=NC(C)(C)C)[N-]CCN(C)C.CCN(CC)C(C)C[N-]C(C)=NC(C)(C)C.CCN(CC)CC(C)[N-]C(C)=NC(C)(C)C.CCN(CC)C[N-]C(C)=NC(C)(C)C.[Ni].[Ni].[Ni].[Ni].[Ni].[Ni]. The van der Waals surface area contributed by atoms with Crippen molar-refractivity contribution in [2.45, 2.75) is 293 Å². The van der Waals surface area contributed by atoms with E-state index >= 15 is 0 Å². The van der Waals surface area contributed by atoms with Crippen LogP contribution in [0.4, 0.5) is 0 Å². The minimum atomic E-state index is -0.0253. The Morgan fingerprint density at radius 3 is 0.860 bits per heavy atom. The Morgan fingerprint density at radius 2 is 0.602 bits per heavy atom. The van der Waals surface area contributed by atoms with Gasteiger partial charge in [0.15, 0.2) is 0 Å². The van der Waals surface area contributed by atoms with Crippen LogP contribution in [0.2, 0.25) is 0 Å². The van der Waals surface area contributed by atoms with Crippen LogP contribution < -0.4 is 0 Å². The molecule has 0 saturated carbocycles. The molecule has 0 N–H and O–H groups in total. The number of hydrogen-bond acceptors (Lipinski definition) is 12. The van der Waals surface area contributed by atoms with Crippen LogP contribution in [0.5, 0.6) is 0 Å². The summed E-state index contributed by atoms with van der Waals surface area (Å²) in [6.45, 7) is 83.8. The molecular weight excluding hydrogens is 1430 g/mol. The monoisotopic (exact) mass is 1580 g/mol. The minimum absolute atomic E-state index is 0. The third kappa shape index (κ3) is 98.0. The van der Waals surface area contributed by atoms with E-state index in [0.29, 0.717) is 24.2 Å². The third-order valence-corrected chi connectivity index (χ3v) is 11.6. The predicted molar refractivity (Wildman–Crippen MR) is 399 cm³/mol. The van der Waals surface area contributed by atoms with E-state index in [4.69, 9.17) is 0 Å². The molecule has 4 atom stereocenters. The summed E-state index contributed by atoms with van der Waals surface area (Å²) < 4.78 is 0. The molecule has 0 aliphatic carbocycles. The van der Waals surface area contributed by atoms with Gasteiger partial charge in [0.1, 0.15) is 0 Å². The fourth-order valence-corrected chi connectivity index (χ4v) is 7.91. The van der Waals surface area contributed by atoms with Crippen LogP contribution >= 0.6 is 0 Å². The molecule has 18 nitrogen and oxygen atoms in total. The van der Waals surface area contributed by atoms with Crippen molar-refractivity contribution in [1.29, 1.82) is 0 Å². The van der Waals surface area contributed by atoms with E-state index in [-0.39, 0.29) is 132 Å². The van der Waals surface area contributed by atoms with Crippen LogP contribution in [0.15, 0.2) is 30.0 Å². The summed E-state index contributed by atoms with van der Waals surface area (Å²) >= 11 is 0. The standard InChI is InChI=1S/2C13H28N3.3C11H24N3.C10H22N3.6Ni/c1-8-16(9-2)10-11(3)14-12(4)15-13(5,6)7;1-8-16(9-2)11(3)10-14-12(4)15-13(5,6)7;1-9(8-14(6)7)12-10(2)13-11(3,4)5;1-9(14(6)7)8-12-10(2)13-11(3,4)5;1-7-14(8-2)9-12-10(3)13-11(4,5)6;1-9(12-10(2,3)4)11-7-8-13(5)6;;;;;;/h2*11H,8-10H2,1-7H3;2*9H,8H2,1-7H3;7-9H2,1-6H3;7-8H2,1-6H3;;;;;;/q6*-1;;;;;;. The smallest absolute Gasteiger partial charge is 0.00597 e. The predicted octanol–water partition coefficient (Wildman–Crippen LogP) is 16.7. The van der Waals surface area contributed by atoms with Gasteiger partial charge in [-0.15, -0.1) is 0 Å². The van der Waals surface area contributed by atoms with E-state index in [2.05, 4.69) is 313 Å². The molecule has 93 heavy (non-hydrogen) atoms. The van der Waals surface area contributed by atoms with E-state index < -0.39 is 0 Å². The first-order valence-corrected chi connectivity index (χ1v) is 32.9. The molecule has 0 radical (unpaired) electrons. The Balaban J connectivity index is -0.0000000837. The van der Waals surface area contributed by atoms with Gasteiger partial charge in [-0.05, 0) is 222 Å². The Morgan fingerprint density at radius 1 is 0.333 bits per heavy atom. The molecule has 0 heterocycles. The molecule has 0 amide bonds. The first-order chi connectivity index (χ1) is 39.2. The van der Waals surface area contributed by atoms with Gasteiger partial charge in [0.2, 0.25) is 0 Å². The second-order valence-electron chi connectivity index (χ2n) is 29.5. The fourth-order valence-electron chi connectivity index (χ4n) is 7.91. The van der Waals surface area contributed by atoms with Crippen molar-refractivity contribution in [1.82, 2.24) is 29.4 Å². The molecular formula is C69H150N18Ni6-6. The maximum Gasteiger partial charge on any atom is 0.00597 e. The Hall–Kier alpha value is -0.459. The summed E-state index contributed by atoms with van der Waals surface area (Å²) in [5, 5.41) is 26.9. The van der Waals surface area contributed by atoms with Gasteiger partial charge in [0.25, 0.3) is 0 Å². The molecule has 0 rings (SSSR count). The summed E-state index contributed by atoms with van der Waals surface area (Å²) in [5.74, 6) is 5.40. The van der Waals surface area contributed by atoms with Gasteiger partial charge in [0.05, 0.1) is 0 Å². The molecule has 582 valence electrons. The van der Waals surface area contributed by atoms with Crippen molar-refractivity contribution in [2.24, 2.45) is 30.0 Å². The molecule has 0 aromatic rings. The minimum Gasteiger partial charge on any atom is -0.468 e. The molecule has 0 bridgehead atoms. The topological polar surface area (TPSA) is 178 Å². The van der Waals surface area contributed by atoms with Gasteiger partial charge >= 0.3 is 0 Å². The van der Waals surface area contributed by atoms with Gasteiger partial charge < -0.3 is 91.3 Å². The van der Waals surface area contributed by atoms with Crippen molar-refractivity contribution in [3.8, 4) is 0 Å². The number of nitrogens with zero attached hydrogens (tertiary/aromatic N) is 18. The van der Waals surface area contributed by atoms with Crippen molar-refractivity contribution >= 4 is 35.0 Å². The van der Waals surface area contributed by atoms with Crippen molar-refractivity contribution in [2.75, 3.05) is 127 Å². The summed E-state index contributed by atoms with van der Waals surface area (Å²) in [5.41, 5.74) is -0.114. The summed E-state index contributed by atoms with van der Waals surface area (Å²) in [4.78, 5) is 40.4. The molecule has 4 unspecified atom stereocenters. The molecule has 0 fully saturated rings. The van der Waals surface area contributed by atoms with Gasteiger partial charge in [0, 0.05) is 118 Å². The molecule has 0 aromatic carbocycles. The van der Waals surface area contributed by atoms with E-state index in [9.17, 15) is 0 Å². The molecule has 0 aliphatic heterocycles. The maximum absolute atomic E-state index is 4.61. The van der Waals surface area contributed by atoms with Gasteiger partial charge in [-0.25, -0.2) is 0 Å². The number of aliphatic imine (C=N–C) groups is 6. The average Bonchev–Trinajstić information content (AvgIpc) is 3.29. The quantitative estimate of drug-likeness (QED) is 0.0558.